The molecule has 1 aliphatic carbocycles. The maximum absolute atomic E-state index is 13.3. The summed E-state index contributed by atoms with van der Waals surface area (Å²) in [5, 5.41) is 10.9. The van der Waals surface area contributed by atoms with E-state index in [0.717, 1.165) is 17.7 Å². The highest BCUT2D eigenvalue weighted by Gasteiger charge is 2.45. The fourth-order valence-corrected chi connectivity index (χ4v) is 5.06. The molecule has 0 bridgehead atoms. The minimum atomic E-state index is -0.576. The Labute approximate surface area is 210 Å². The minimum absolute atomic E-state index is 0.0574. The lowest BCUT2D eigenvalue weighted by Gasteiger charge is -2.32. The quantitative estimate of drug-likeness (QED) is 0.417. The first-order valence-electron chi connectivity index (χ1n) is 12.2. The second-order valence-electron chi connectivity index (χ2n) is 9.19. The van der Waals surface area contributed by atoms with Gasteiger partial charge in [0.2, 0.25) is 6.79 Å². The molecule has 0 spiro atoms. The molecule has 2 aromatic rings. The van der Waals surface area contributed by atoms with Crippen LogP contribution in [0, 0.1) is 5.92 Å². The molecule has 3 unspecified atom stereocenters. The van der Waals surface area contributed by atoms with Crippen molar-refractivity contribution in [1.82, 2.24) is 4.90 Å². The van der Waals surface area contributed by atoms with Crippen LogP contribution in [-0.4, -0.2) is 49.1 Å². The highest BCUT2D eigenvalue weighted by atomic mass is 16.7. The Bertz CT molecular complexity index is 1200. The Morgan fingerprint density at radius 2 is 1.94 bits per heavy atom. The molecule has 0 radical (unpaired) electrons. The van der Waals surface area contributed by atoms with Crippen LogP contribution < -0.4 is 18.9 Å². The molecule has 8 heteroatoms. The van der Waals surface area contributed by atoms with Gasteiger partial charge in [0.15, 0.2) is 11.5 Å². The fraction of sp³-hybridized carbons (Fsp3) is 0.393. The van der Waals surface area contributed by atoms with Gasteiger partial charge in [-0.3, -0.25) is 4.90 Å². The van der Waals surface area contributed by atoms with E-state index in [0.29, 0.717) is 42.6 Å². The van der Waals surface area contributed by atoms with Crippen LogP contribution in [0.4, 0.5) is 0 Å². The minimum Gasteiger partial charge on any atom is -0.507 e. The monoisotopic (exact) mass is 493 g/mol. The van der Waals surface area contributed by atoms with Gasteiger partial charge in [0.1, 0.15) is 23.3 Å². The van der Waals surface area contributed by atoms with E-state index in [2.05, 4.69) is 17.9 Å². The second-order valence-corrected chi connectivity index (χ2v) is 9.19. The van der Waals surface area contributed by atoms with Crippen LogP contribution in [0.2, 0.25) is 0 Å². The van der Waals surface area contributed by atoms with Crippen LogP contribution >= 0.6 is 0 Å². The van der Waals surface area contributed by atoms with Crippen molar-refractivity contribution in [3.63, 3.8) is 0 Å². The smallest absolute Gasteiger partial charge is 0.328 e. The zero-order chi connectivity index (χ0) is 25.2. The summed E-state index contributed by atoms with van der Waals surface area (Å²) in [6, 6.07) is 9.58. The summed E-state index contributed by atoms with van der Waals surface area (Å²) in [6.07, 6.45) is 5.73. The summed E-state index contributed by atoms with van der Waals surface area (Å²) >= 11 is 0. The molecule has 3 atom stereocenters. The molecule has 1 saturated heterocycles. The number of ether oxygens (including phenoxy) is 5. The number of phenolic OH excluding ortho intramolecular Hbond substituents is 1. The zero-order valence-electron chi connectivity index (χ0n) is 20.7. The third-order valence-electron chi connectivity index (χ3n) is 6.93. The number of rotatable bonds is 8. The lowest BCUT2D eigenvalue weighted by molar-refractivity contribution is -0.140. The van der Waals surface area contributed by atoms with E-state index in [1.807, 2.05) is 25.1 Å². The average molecular weight is 494 g/mol. The van der Waals surface area contributed by atoms with Gasteiger partial charge in [-0.15, -0.1) is 0 Å². The van der Waals surface area contributed by atoms with Crippen molar-refractivity contribution in [2.24, 2.45) is 5.92 Å². The van der Waals surface area contributed by atoms with Gasteiger partial charge in [-0.2, -0.15) is 0 Å². The molecule has 2 aromatic carbocycles. The number of methoxy groups -OCH3 is 1. The highest BCUT2D eigenvalue weighted by Crippen LogP contribution is 2.49. The largest absolute Gasteiger partial charge is 0.507 e. The van der Waals surface area contributed by atoms with Gasteiger partial charge < -0.3 is 28.8 Å². The summed E-state index contributed by atoms with van der Waals surface area (Å²) in [5.74, 6) is 2.87. The lowest BCUT2D eigenvalue weighted by atomic mass is 9.84. The number of allylic oxidation sites excluding steroid dienone is 3. The van der Waals surface area contributed by atoms with Gasteiger partial charge in [0.05, 0.1) is 19.5 Å². The van der Waals surface area contributed by atoms with Crippen molar-refractivity contribution in [2.45, 2.75) is 38.8 Å². The molecule has 0 aromatic heterocycles. The number of benzene rings is 2. The molecular weight excluding hydrogens is 462 g/mol. The molecule has 36 heavy (non-hydrogen) atoms. The van der Waals surface area contributed by atoms with Crippen LogP contribution in [0.5, 0.6) is 28.7 Å². The molecule has 2 heterocycles. The number of carbonyl (C=O) groups excluding carboxylic acids is 1. The molecule has 8 nitrogen and oxygen atoms in total. The zero-order valence-corrected chi connectivity index (χ0v) is 20.7. The fourth-order valence-electron chi connectivity index (χ4n) is 5.06. The number of carbonyl (C=O) groups is 1. The molecule has 3 aliphatic rings. The molecule has 0 amide bonds. The van der Waals surface area contributed by atoms with E-state index in [1.54, 1.807) is 31.4 Å². The van der Waals surface area contributed by atoms with E-state index in [1.165, 1.54) is 5.57 Å². The van der Waals surface area contributed by atoms with Gasteiger partial charge >= 0.3 is 5.97 Å². The molecule has 190 valence electrons. The summed E-state index contributed by atoms with van der Waals surface area (Å²) in [4.78, 5) is 15.4. The number of phenols is 1. The van der Waals surface area contributed by atoms with Crippen LogP contribution in [0.15, 0.2) is 59.9 Å². The maximum Gasteiger partial charge on any atom is 0.328 e. The van der Waals surface area contributed by atoms with Gasteiger partial charge in [0.25, 0.3) is 0 Å². The number of hydrogen-bond acceptors (Lipinski definition) is 8. The van der Waals surface area contributed by atoms with Gasteiger partial charge in [-0.1, -0.05) is 24.6 Å². The van der Waals surface area contributed by atoms with E-state index in [9.17, 15) is 9.90 Å². The molecule has 0 saturated carbocycles. The summed E-state index contributed by atoms with van der Waals surface area (Å²) < 4.78 is 27.7. The van der Waals surface area contributed by atoms with Crippen molar-refractivity contribution < 1.29 is 33.6 Å². The Kier molecular flexibility index (Phi) is 6.78. The molecular formula is C28H31NO7. The molecule has 1 fully saturated rings. The Morgan fingerprint density at radius 3 is 2.72 bits per heavy atom. The van der Waals surface area contributed by atoms with E-state index >= 15 is 0 Å². The predicted molar refractivity (Wildman–Crippen MR) is 132 cm³/mol. The van der Waals surface area contributed by atoms with Crippen LogP contribution in [0.1, 0.15) is 38.3 Å². The molecule has 2 aliphatic heterocycles. The Balaban J connectivity index is 1.41. The van der Waals surface area contributed by atoms with E-state index < -0.39 is 6.04 Å². The standard InChI is InChI=1S/C28H31NO7/c1-4-11-33-20-6-5-18-15-29(27(23(18)12-20)22-9-7-19(32-3)13-24(22)30)17(2)28(31)36-21-8-10-25-26(14-21)35-16-34-25/h5-10,13-14,17,23,27,30H,4,11-12,15-16H2,1-3H3. The number of aromatic hydroxyl groups is 1. The Morgan fingerprint density at radius 1 is 1.14 bits per heavy atom. The van der Waals surface area contributed by atoms with Crippen LogP contribution in [-0.2, 0) is 9.53 Å². The van der Waals surface area contributed by atoms with Crippen molar-refractivity contribution in [3.05, 3.63) is 65.4 Å². The molecule has 1 N–H and O–H groups in total. The van der Waals surface area contributed by atoms with Crippen molar-refractivity contribution in [2.75, 3.05) is 27.1 Å². The van der Waals surface area contributed by atoms with Crippen LogP contribution in [0.3, 0.4) is 0 Å². The number of likely N-dealkylation sites (tertiary alicyclic amines) is 1. The summed E-state index contributed by atoms with van der Waals surface area (Å²) in [5.41, 5.74) is 1.94. The van der Waals surface area contributed by atoms with Crippen molar-refractivity contribution in [3.8, 4) is 28.7 Å². The van der Waals surface area contributed by atoms with Gasteiger partial charge in [-0.05, 0) is 37.6 Å². The normalized spacial score (nSPS) is 21.3. The van der Waals surface area contributed by atoms with Crippen LogP contribution in [0.25, 0.3) is 0 Å². The third-order valence-corrected chi connectivity index (χ3v) is 6.93. The Hall–Kier alpha value is -3.65. The maximum atomic E-state index is 13.3. The number of esters is 1. The SMILES string of the molecule is CCCOC1=CC=C2CN(C(C)C(=O)Oc3ccc4c(c3)OCO4)C(c3ccc(OC)cc3O)C2C1. The third kappa shape index (κ3) is 4.60. The first-order chi connectivity index (χ1) is 17.5. The highest BCUT2D eigenvalue weighted by molar-refractivity contribution is 5.78. The van der Waals surface area contributed by atoms with Gasteiger partial charge in [-0.25, -0.2) is 4.79 Å². The topological polar surface area (TPSA) is 86.7 Å². The number of hydrogen-bond donors (Lipinski definition) is 1. The van der Waals surface area contributed by atoms with Gasteiger partial charge in [0, 0.05) is 42.6 Å². The summed E-state index contributed by atoms with van der Waals surface area (Å²) in [7, 11) is 1.56. The van der Waals surface area contributed by atoms with E-state index in [4.69, 9.17) is 23.7 Å². The van der Waals surface area contributed by atoms with Crippen molar-refractivity contribution in [1.29, 1.82) is 0 Å². The number of nitrogens with zero attached hydrogens (tertiary/aromatic N) is 1. The second kappa shape index (κ2) is 10.1. The number of fused-ring (bicyclic) bond motifs is 2. The predicted octanol–water partition coefficient (Wildman–Crippen LogP) is 4.74. The van der Waals surface area contributed by atoms with Crippen molar-refractivity contribution >= 4 is 5.97 Å². The molecule has 5 rings (SSSR count). The van der Waals surface area contributed by atoms with E-state index in [-0.39, 0.29) is 30.5 Å². The average Bonchev–Trinajstić information content (AvgIpc) is 3.51. The first-order valence-corrected chi connectivity index (χ1v) is 12.2. The lowest BCUT2D eigenvalue weighted by Crippen LogP contribution is -2.41. The first kappa shape index (κ1) is 24.1. The summed E-state index contributed by atoms with van der Waals surface area (Å²) in [6.45, 7) is 5.30.